The van der Waals surface area contributed by atoms with Crippen LogP contribution in [0.1, 0.15) is 35.9 Å². The van der Waals surface area contributed by atoms with Crippen LogP contribution in [-0.2, 0) is 9.47 Å². The predicted molar refractivity (Wildman–Crippen MR) is 127 cm³/mol. The molecule has 2 aromatic carbocycles. The van der Waals surface area contributed by atoms with E-state index < -0.39 is 0 Å². The summed E-state index contributed by atoms with van der Waals surface area (Å²) in [6.45, 7) is 5.55. The lowest BCUT2D eigenvalue weighted by Gasteiger charge is -2.12. The molecular weight excluding hydrogens is 406 g/mol. The largest absolute Gasteiger partial charge is 0.475 e. The zero-order valence-electron chi connectivity index (χ0n) is 17.6. The molecule has 31 heavy (non-hydrogen) atoms. The average molecular weight is 432 g/mol. The van der Waals surface area contributed by atoms with Crippen LogP contribution in [0.3, 0.4) is 0 Å². The Labute approximate surface area is 186 Å². The van der Waals surface area contributed by atoms with Crippen LogP contribution in [-0.4, -0.2) is 31.1 Å². The molecule has 5 rings (SSSR count). The SMILES string of the molecule is CC(C)[C@H]1COC(c2ccccc2Nc2ccsc2C2=N[C@@H](c3ccccc3)CO2)=N1. The van der Waals surface area contributed by atoms with Crippen LogP contribution < -0.4 is 5.32 Å². The Hall–Kier alpha value is -3.12. The first-order valence-corrected chi connectivity index (χ1v) is 11.5. The summed E-state index contributed by atoms with van der Waals surface area (Å²) in [7, 11) is 0. The van der Waals surface area contributed by atoms with E-state index in [1.807, 2.05) is 36.4 Å². The van der Waals surface area contributed by atoms with Gasteiger partial charge in [-0.05, 0) is 35.1 Å². The fraction of sp³-hybridized carbons (Fsp3) is 0.280. The highest BCUT2D eigenvalue weighted by atomic mass is 32.1. The average Bonchev–Trinajstić information content (AvgIpc) is 3.55. The first-order valence-electron chi connectivity index (χ1n) is 10.6. The second-order valence-corrected chi connectivity index (χ2v) is 8.98. The Morgan fingerprint density at radius 1 is 0.871 bits per heavy atom. The van der Waals surface area contributed by atoms with Crippen LogP contribution in [0.4, 0.5) is 11.4 Å². The van der Waals surface area contributed by atoms with E-state index in [2.05, 4.69) is 48.8 Å². The number of nitrogens with zero attached hydrogens (tertiary/aromatic N) is 2. The number of hydrogen-bond donors (Lipinski definition) is 1. The second kappa shape index (κ2) is 8.55. The van der Waals surface area contributed by atoms with Crippen molar-refractivity contribution in [3.05, 3.63) is 82.0 Å². The second-order valence-electron chi connectivity index (χ2n) is 8.06. The van der Waals surface area contributed by atoms with Gasteiger partial charge in [-0.1, -0.05) is 56.3 Å². The van der Waals surface area contributed by atoms with Gasteiger partial charge in [0.05, 0.1) is 23.0 Å². The molecule has 3 heterocycles. The van der Waals surface area contributed by atoms with Crippen LogP contribution in [0.15, 0.2) is 76.0 Å². The van der Waals surface area contributed by atoms with E-state index in [9.17, 15) is 0 Å². The number of nitrogens with one attached hydrogen (secondary N) is 1. The van der Waals surface area contributed by atoms with Gasteiger partial charge < -0.3 is 14.8 Å². The minimum absolute atomic E-state index is 0.0349. The number of para-hydroxylation sites is 1. The molecule has 0 radical (unpaired) electrons. The topological polar surface area (TPSA) is 55.2 Å². The molecule has 0 saturated carbocycles. The molecule has 2 aliphatic rings. The quantitative estimate of drug-likeness (QED) is 0.536. The van der Waals surface area contributed by atoms with Crippen molar-refractivity contribution >= 4 is 34.5 Å². The summed E-state index contributed by atoms with van der Waals surface area (Å²) >= 11 is 1.63. The van der Waals surface area contributed by atoms with Gasteiger partial charge in [-0.3, -0.25) is 0 Å². The van der Waals surface area contributed by atoms with E-state index in [1.165, 1.54) is 5.56 Å². The van der Waals surface area contributed by atoms with E-state index in [0.717, 1.165) is 21.8 Å². The zero-order chi connectivity index (χ0) is 21.2. The fourth-order valence-corrected chi connectivity index (χ4v) is 4.52. The van der Waals surface area contributed by atoms with Crippen LogP contribution in [0.5, 0.6) is 0 Å². The molecule has 5 nitrogen and oxygen atoms in total. The minimum atomic E-state index is 0.0349. The van der Waals surface area contributed by atoms with Crippen LogP contribution in [0, 0.1) is 5.92 Å². The molecule has 0 bridgehead atoms. The highest BCUT2D eigenvalue weighted by Crippen LogP contribution is 2.33. The highest BCUT2D eigenvalue weighted by molar-refractivity contribution is 7.12. The van der Waals surface area contributed by atoms with E-state index in [-0.39, 0.29) is 12.1 Å². The molecule has 3 aromatic rings. The number of ether oxygens (including phenoxy) is 2. The van der Waals surface area contributed by atoms with Gasteiger partial charge in [-0.15, -0.1) is 11.3 Å². The Balaban J connectivity index is 1.40. The Morgan fingerprint density at radius 2 is 1.65 bits per heavy atom. The molecule has 0 fully saturated rings. The summed E-state index contributed by atoms with van der Waals surface area (Å²) in [6.07, 6.45) is 0. The summed E-state index contributed by atoms with van der Waals surface area (Å²) in [4.78, 5) is 10.7. The lowest BCUT2D eigenvalue weighted by Crippen LogP contribution is -2.13. The van der Waals surface area contributed by atoms with Gasteiger partial charge in [0.25, 0.3) is 0 Å². The first-order chi connectivity index (χ1) is 15.2. The van der Waals surface area contributed by atoms with Crippen molar-refractivity contribution in [1.82, 2.24) is 0 Å². The van der Waals surface area contributed by atoms with E-state index in [0.29, 0.717) is 30.9 Å². The monoisotopic (exact) mass is 431 g/mol. The number of thiophene rings is 1. The van der Waals surface area contributed by atoms with Crippen LogP contribution in [0.2, 0.25) is 0 Å². The fourth-order valence-electron chi connectivity index (χ4n) is 3.72. The maximum Gasteiger partial charge on any atom is 0.229 e. The predicted octanol–water partition coefficient (Wildman–Crippen LogP) is 5.81. The van der Waals surface area contributed by atoms with Crippen molar-refractivity contribution < 1.29 is 9.47 Å². The third kappa shape index (κ3) is 4.08. The molecule has 0 saturated heterocycles. The normalized spacial score (nSPS) is 20.2. The van der Waals surface area contributed by atoms with Crippen molar-refractivity contribution in [3.63, 3.8) is 0 Å². The van der Waals surface area contributed by atoms with Crippen molar-refractivity contribution in [2.75, 3.05) is 18.5 Å². The molecule has 158 valence electrons. The third-order valence-corrected chi connectivity index (χ3v) is 6.47. The Bertz CT molecular complexity index is 1120. The van der Waals surface area contributed by atoms with Crippen LogP contribution in [0.25, 0.3) is 0 Å². The Morgan fingerprint density at radius 3 is 2.45 bits per heavy atom. The maximum absolute atomic E-state index is 5.99. The lowest BCUT2D eigenvalue weighted by molar-refractivity contribution is 0.292. The van der Waals surface area contributed by atoms with Crippen LogP contribution >= 0.6 is 11.3 Å². The van der Waals surface area contributed by atoms with Gasteiger partial charge in [0.2, 0.25) is 11.8 Å². The van der Waals surface area contributed by atoms with Gasteiger partial charge in [0.15, 0.2) is 0 Å². The van der Waals surface area contributed by atoms with E-state index in [1.54, 1.807) is 11.3 Å². The van der Waals surface area contributed by atoms with Crippen molar-refractivity contribution in [2.45, 2.75) is 25.9 Å². The molecule has 0 aliphatic carbocycles. The zero-order valence-corrected chi connectivity index (χ0v) is 18.4. The van der Waals surface area contributed by atoms with Gasteiger partial charge in [-0.2, -0.15) is 0 Å². The molecule has 0 unspecified atom stereocenters. The molecule has 0 spiro atoms. The maximum atomic E-state index is 5.99. The van der Waals surface area contributed by atoms with Crippen molar-refractivity contribution in [3.8, 4) is 0 Å². The van der Waals surface area contributed by atoms with Gasteiger partial charge in [0, 0.05) is 0 Å². The van der Waals surface area contributed by atoms with Gasteiger partial charge in [-0.25, -0.2) is 9.98 Å². The number of benzene rings is 2. The van der Waals surface area contributed by atoms with E-state index >= 15 is 0 Å². The summed E-state index contributed by atoms with van der Waals surface area (Å²) in [5, 5.41) is 5.62. The number of aliphatic imine (C=N–C) groups is 2. The smallest absolute Gasteiger partial charge is 0.229 e. The third-order valence-electron chi connectivity index (χ3n) is 5.57. The molecule has 1 aromatic heterocycles. The molecule has 1 N–H and O–H groups in total. The van der Waals surface area contributed by atoms with Gasteiger partial charge in [0.1, 0.15) is 24.1 Å². The summed E-state index contributed by atoms with van der Waals surface area (Å²) < 4.78 is 11.9. The molecule has 6 heteroatoms. The molecule has 0 amide bonds. The standard InChI is InChI=1S/C25H25N3O2S/c1-16(2)21-14-29-24(27-21)18-10-6-7-11-19(18)26-20-12-13-31-23(20)25-28-22(15-30-25)17-8-4-3-5-9-17/h3-13,16,21-22,26H,14-15H2,1-2H3/t21-,22-/m1/s1. The Kier molecular flexibility index (Phi) is 5.47. The number of rotatable bonds is 6. The summed E-state index contributed by atoms with van der Waals surface area (Å²) in [5.74, 6) is 1.85. The highest BCUT2D eigenvalue weighted by Gasteiger charge is 2.26. The molecule has 2 aliphatic heterocycles. The minimum Gasteiger partial charge on any atom is -0.475 e. The summed E-state index contributed by atoms with van der Waals surface area (Å²) in [5.41, 5.74) is 4.08. The number of hydrogen-bond acceptors (Lipinski definition) is 6. The first kappa shape index (κ1) is 19.8. The van der Waals surface area contributed by atoms with Crippen molar-refractivity contribution in [1.29, 1.82) is 0 Å². The van der Waals surface area contributed by atoms with Crippen molar-refractivity contribution in [2.24, 2.45) is 15.9 Å². The van der Waals surface area contributed by atoms with Gasteiger partial charge >= 0.3 is 0 Å². The molecular formula is C25H25N3O2S. The summed E-state index contributed by atoms with van der Waals surface area (Å²) in [6, 6.07) is 20.7. The number of anilines is 2. The molecule has 2 atom stereocenters. The lowest BCUT2D eigenvalue weighted by atomic mass is 10.1. The van der Waals surface area contributed by atoms with E-state index in [4.69, 9.17) is 19.5 Å².